The number of halogens is 2. The highest BCUT2D eigenvalue weighted by Gasteiger charge is 2.34. The molecule has 0 radical (unpaired) electrons. The number of carboxylic acids is 1. The van der Waals surface area contributed by atoms with Gasteiger partial charge in [-0.05, 0) is 12.1 Å². The molecule has 8 heteroatoms. The summed E-state index contributed by atoms with van der Waals surface area (Å²) in [5.74, 6) is -4.19. The normalized spacial score (nSPS) is 17.6. The van der Waals surface area contributed by atoms with E-state index in [1.165, 1.54) is 4.90 Å². The van der Waals surface area contributed by atoms with Gasteiger partial charge in [0.2, 0.25) is 11.8 Å². The van der Waals surface area contributed by atoms with Gasteiger partial charge < -0.3 is 15.3 Å². The first-order valence-corrected chi connectivity index (χ1v) is 6.62. The van der Waals surface area contributed by atoms with Crippen LogP contribution >= 0.6 is 0 Å². The lowest BCUT2D eigenvalue weighted by Gasteiger charge is -2.15. The molecule has 0 bridgehead atoms. The molecule has 118 valence electrons. The summed E-state index contributed by atoms with van der Waals surface area (Å²) < 4.78 is 26.3. The number of nitrogens with one attached hydrogen (secondary N) is 1. The molecular formula is C14H14F2N2O4. The van der Waals surface area contributed by atoms with Crippen molar-refractivity contribution in [2.45, 2.75) is 12.8 Å². The summed E-state index contributed by atoms with van der Waals surface area (Å²) in [4.78, 5) is 35.4. The maximum absolute atomic E-state index is 13.4. The molecule has 1 fully saturated rings. The van der Waals surface area contributed by atoms with E-state index < -0.39 is 29.4 Å². The Balaban J connectivity index is 1.87. The van der Waals surface area contributed by atoms with Crippen LogP contribution in [-0.4, -0.2) is 40.9 Å². The molecule has 1 aliphatic rings. The highest BCUT2D eigenvalue weighted by Crippen LogP contribution is 2.19. The third-order valence-electron chi connectivity index (χ3n) is 3.38. The van der Waals surface area contributed by atoms with Crippen LogP contribution in [0, 0.1) is 17.6 Å². The number of anilines is 1. The first kappa shape index (κ1) is 15.9. The number of amides is 2. The van der Waals surface area contributed by atoms with Crippen molar-refractivity contribution in [1.82, 2.24) is 4.90 Å². The molecule has 1 heterocycles. The second-order valence-electron chi connectivity index (χ2n) is 5.00. The van der Waals surface area contributed by atoms with Gasteiger partial charge in [0.25, 0.3) is 0 Å². The summed E-state index contributed by atoms with van der Waals surface area (Å²) in [6.07, 6.45) is -0.219. The van der Waals surface area contributed by atoms with E-state index in [4.69, 9.17) is 5.11 Å². The number of benzene rings is 1. The van der Waals surface area contributed by atoms with Gasteiger partial charge in [0.05, 0.1) is 11.6 Å². The molecule has 1 atom stereocenters. The second-order valence-corrected chi connectivity index (χ2v) is 5.00. The van der Waals surface area contributed by atoms with Crippen molar-refractivity contribution in [3.8, 4) is 0 Å². The second kappa shape index (κ2) is 6.50. The van der Waals surface area contributed by atoms with Gasteiger partial charge in [0.1, 0.15) is 11.6 Å². The van der Waals surface area contributed by atoms with E-state index in [9.17, 15) is 23.2 Å². The van der Waals surface area contributed by atoms with Crippen LogP contribution in [0.5, 0.6) is 0 Å². The average Bonchev–Trinajstić information content (AvgIpc) is 2.82. The van der Waals surface area contributed by atoms with Crippen LogP contribution in [0.2, 0.25) is 0 Å². The Morgan fingerprint density at radius 1 is 1.36 bits per heavy atom. The van der Waals surface area contributed by atoms with Gasteiger partial charge in [0.15, 0.2) is 0 Å². The van der Waals surface area contributed by atoms with Crippen LogP contribution in [-0.2, 0) is 14.4 Å². The largest absolute Gasteiger partial charge is 0.481 e. The van der Waals surface area contributed by atoms with E-state index in [0.29, 0.717) is 0 Å². The fourth-order valence-corrected chi connectivity index (χ4v) is 2.20. The highest BCUT2D eigenvalue weighted by atomic mass is 19.1. The van der Waals surface area contributed by atoms with Gasteiger partial charge in [-0.2, -0.15) is 0 Å². The number of nitrogens with zero attached hydrogens (tertiary/aromatic N) is 1. The number of rotatable bonds is 5. The molecule has 0 saturated carbocycles. The third-order valence-corrected chi connectivity index (χ3v) is 3.38. The maximum atomic E-state index is 13.4. The fourth-order valence-electron chi connectivity index (χ4n) is 2.20. The van der Waals surface area contributed by atoms with Crippen molar-refractivity contribution in [3.63, 3.8) is 0 Å². The predicted molar refractivity (Wildman–Crippen MR) is 71.9 cm³/mol. The van der Waals surface area contributed by atoms with Gasteiger partial charge in [-0.15, -0.1) is 0 Å². The van der Waals surface area contributed by atoms with Crippen molar-refractivity contribution in [1.29, 1.82) is 0 Å². The number of likely N-dealkylation sites (tertiary alicyclic amines) is 1. The SMILES string of the molecule is O=C(CCN1C[C@H](C(=O)O)CC1=O)Nc1cc(F)ccc1F. The third kappa shape index (κ3) is 3.78. The van der Waals surface area contributed by atoms with Crippen LogP contribution in [0.4, 0.5) is 14.5 Å². The summed E-state index contributed by atoms with van der Waals surface area (Å²) >= 11 is 0. The van der Waals surface area contributed by atoms with Crippen LogP contribution in [0.1, 0.15) is 12.8 Å². The molecule has 1 aliphatic heterocycles. The van der Waals surface area contributed by atoms with E-state index in [2.05, 4.69) is 5.32 Å². The van der Waals surface area contributed by atoms with E-state index >= 15 is 0 Å². The Bertz CT molecular complexity index is 621. The minimum Gasteiger partial charge on any atom is -0.481 e. The Morgan fingerprint density at radius 2 is 2.09 bits per heavy atom. The Hall–Kier alpha value is -2.51. The molecule has 2 amide bonds. The van der Waals surface area contributed by atoms with Crippen molar-refractivity contribution < 1.29 is 28.3 Å². The average molecular weight is 312 g/mol. The number of carbonyl (C=O) groups is 3. The summed E-state index contributed by atoms with van der Waals surface area (Å²) in [5, 5.41) is 11.1. The first-order valence-electron chi connectivity index (χ1n) is 6.62. The van der Waals surface area contributed by atoms with Gasteiger partial charge in [0, 0.05) is 32.0 Å². The zero-order valence-electron chi connectivity index (χ0n) is 11.5. The summed E-state index contributed by atoms with van der Waals surface area (Å²) in [6.45, 7) is 0.0845. The number of carboxylic acid groups (broad SMARTS) is 1. The lowest BCUT2D eigenvalue weighted by atomic mass is 10.1. The summed E-state index contributed by atoms with van der Waals surface area (Å²) in [7, 11) is 0. The Morgan fingerprint density at radius 3 is 2.73 bits per heavy atom. The van der Waals surface area contributed by atoms with Crippen LogP contribution < -0.4 is 5.32 Å². The van der Waals surface area contributed by atoms with Crippen molar-refractivity contribution in [3.05, 3.63) is 29.8 Å². The Labute approximate surface area is 124 Å². The molecule has 6 nitrogen and oxygen atoms in total. The van der Waals surface area contributed by atoms with Gasteiger partial charge in [-0.1, -0.05) is 0 Å². The maximum Gasteiger partial charge on any atom is 0.308 e. The van der Waals surface area contributed by atoms with Crippen LogP contribution in [0.15, 0.2) is 18.2 Å². The van der Waals surface area contributed by atoms with Gasteiger partial charge in [-0.3, -0.25) is 14.4 Å². The molecular weight excluding hydrogens is 298 g/mol. The quantitative estimate of drug-likeness (QED) is 0.856. The summed E-state index contributed by atoms with van der Waals surface area (Å²) in [6, 6.07) is 2.68. The minimum absolute atomic E-state index is 0.0331. The van der Waals surface area contributed by atoms with E-state index in [-0.39, 0.29) is 37.5 Å². The molecule has 1 saturated heterocycles. The zero-order chi connectivity index (χ0) is 16.3. The smallest absolute Gasteiger partial charge is 0.308 e. The molecule has 0 aliphatic carbocycles. The lowest BCUT2D eigenvalue weighted by Crippen LogP contribution is -2.30. The predicted octanol–water partition coefficient (Wildman–Crippen LogP) is 1.23. The minimum atomic E-state index is -1.05. The van der Waals surface area contributed by atoms with E-state index in [0.717, 1.165) is 18.2 Å². The van der Waals surface area contributed by atoms with Gasteiger partial charge >= 0.3 is 5.97 Å². The number of carbonyl (C=O) groups excluding carboxylic acids is 2. The number of aliphatic carboxylic acids is 1. The van der Waals surface area contributed by atoms with Crippen molar-refractivity contribution >= 4 is 23.5 Å². The van der Waals surface area contributed by atoms with Crippen molar-refractivity contribution in [2.75, 3.05) is 18.4 Å². The fraction of sp³-hybridized carbons (Fsp3) is 0.357. The molecule has 0 unspecified atom stereocenters. The highest BCUT2D eigenvalue weighted by molar-refractivity contribution is 5.91. The van der Waals surface area contributed by atoms with Crippen molar-refractivity contribution in [2.24, 2.45) is 5.92 Å². The van der Waals surface area contributed by atoms with E-state index in [1.807, 2.05) is 0 Å². The zero-order valence-corrected chi connectivity index (χ0v) is 11.5. The Kier molecular flexibility index (Phi) is 4.69. The lowest BCUT2D eigenvalue weighted by molar-refractivity contribution is -0.141. The number of hydrogen-bond donors (Lipinski definition) is 2. The van der Waals surface area contributed by atoms with E-state index in [1.54, 1.807) is 0 Å². The van der Waals surface area contributed by atoms with Gasteiger partial charge in [-0.25, -0.2) is 8.78 Å². The standard InChI is InChI=1S/C14H14F2N2O4/c15-9-1-2-10(16)11(6-9)17-12(19)3-4-18-7-8(14(21)22)5-13(18)20/h1-2,6,8H,3-5,7H2,(H,17,19)(H,21,22)/t8-/m1/s1. The first-order chi connectivity index (χ1) is 10.4. The van der Waals surface area contributed by atoms with Crippen LogP contribution in [0.25, 0.3) is 0 Å². The molecule has 2 N–H and O–H groups in total. The molecule has 0 aromatic heterocycles. The molecule has 2 rings (SSSR count). The molecule has 0 spiro atoms. The number of hydrogen-bond acceptors (Lipinski definition) is 3. The monoisotopic (exact) mass is 312 g/mol. The topological polar surface area (TPSA) is 86.7 Å². The summed E-state index contributed by atoms with van der Waals surface area (Å²) in [5.41, 5.74) is -0.277. The molecule has 1 aromatic carbocycles. The van der Waals surface area contributed by atoms with Crippen LogP contribution in [0.3, 0.4) is 0 Å². The molecule has 22 heavy (non-hydrogen) atoms. The molecule has 1 aromatic rings.